The van der Waals surface area contributed by atoms with E-state index in [9.17, 15) is 4.79 Å². The van der Waals surface area contributed by atoms with Crippen LogP contribution in [0.3, 0.4) is 0 Å². The lowest BCUT2D eigenvalue weighted by molar-refractivity contribution is -0.131. The Bertz CT molecular complexity index is 913. The number of fused-ring (bicyclic) bond motifs is 1. The van der Waals surface area contributed by atoms with Gasteiger partial charge in [-0.1, -0.05) is 29.3 Å². The van der Waals surface area contributed by atoms with Crippen molar-refractivity contribution in [3.05, 3.63) is 52.0 Å². The number of carbonyl (C=O) groups is 1. The summed E-state index contributed by atoms with van der Waals surface area (Å²) in [6.07, 6.45) is 2.70. The minimum atomic E-state index is 0.215. The monoisotopic (exact) mass is 447 g/mol. The van der Waals surface area contributed by atoms with Crippen molar-refractivity contribution in [2.45, 2.75) is 19.3 Å². The molecule has 0 aliphatic carbocycles. The zero-order valence-electron chi connectivity index (χ0n) is 17.2. The van der Waals surface area contributed by atoms with Crippen LogP contribution in [-0.2, 0) is 11.2 Å². The molecule has 4 rings (SSSR count). The fourth-order valence-corrected chi connectivity index (χ4v) is 4.75. The molecule has 2 aromatic carbocycles. The average molecular weight is 448 g/mol. The summed E-state index contributed by atoms with van der Waals surface area (Å²) in [7, 11) is 1.70. The molecule has 2 aliphatic heterocycles. The van der Waals surface area contributed by atoms with Gasteiger partial charge >= 0.3 is 0 Å². The second-order valence-electron chi connectivity index (χ2n) is 7.78. The van der Waals surface area contributed by atoms with Crippen LogP contribution in [0.4, 0.5) is 11.4 Å². The first kappa shape index (κ1) is 21.1. The van der Waals surface area contributed by atoms with Gasteiger partial charge in [-0.3, -0.25) is 4.79 Å². The Morgan fingerprint density at radius 2 is 1.83 bits per heavy atom. The summed E-state index contributed by atoms with van der Waals surface area (Å²) >= 11 is 12.5. The number of rotatable bonds is 5. The average Bonchev–Trinajstić information content (AvgIpc) is 2.79. The van der Waals surface area contributed by atoms with Gasteiger partial charge in [-0.25, -0.2) is 0 Å². The quantitative estimate of drug-likeness (QED) is 0.675. The van der Waals surface area contributed by atoms with Gasteiger partial charge in [0.1, 0.15) is 5.75 Å². The van der Waals surface area contributed by atoms with E-state index in [4.69, 9.17) is 27.9 Å². The van der Waals surface area contributed by atoms with E-state index in [1.165, 1.54) is 11.3 Å². The van der Waals surface area contributed by atoms with E-state index in [0.717, 1.165) is 50.5 Å². The van der Waals surface area contributed by atoms with Gasteiger partial charge in [0, 0.05) is 51.4 Å². The highest BCUT2D eigenvalue weighted by Crippen LogP contribution is 2.33. The Morgan fingerprint density at radius 3 is 2.60 bits per heavy atom. The van der Waals surface area contributed by atoms with E-state index < -0.39 is 0 Å². The Balaban J connectivity index is 1.31. The summed E-state index contributed by atoms with van der Waals surface area (Å²) in [5.74, 6) is 1.11. The van der Waals surface area contributed by atoms with Crippen molar-refractivity contribution in [1.82, 2.24) is 4.90 Å². The van der Waals surface area contributed by atoms with Gasteiger partial charge in [0.25, 0.3) is 0 Å². The number of amides is 1. The number of hydrogen-bond donors (Lipinski definition) is 0. The number of hydrogen-bond acceptors (Lipinski definition) is 4. The van der Waals surface area contributed by atoms with Crippen molar-refractivity contribution < 1.29 is 9.53 Å². The molecule has 1 amide bonds. The van der Waals surface area contributed by atoms with Crippen LogP contribution in [0.15, 0.2) is 36.4 Å². The van der Waals surface area contributed by atoms with Crippen LogP contribution < -0.4 is 14.5 Å². The summed E-state index contributed by atoms with van der Waals surface area (Å²) in [4.78, 5) is 19.3. The SMILES string of the molecule is COc1ccc2c(c1)CCCN2CCC(=O)N1CCN(c2cccc(Cl)c2Cl)CC1. The third-order valence-electron chi connectivity index (χ3n) is 6.00. The predicted octanol–water partition coefficient (Wildman–Crippen LogP) is 4.49. The van der Waals surface area contributed by atoms with E-state index in [0.29, 0.717) is 29.6 Å². The van der Waals surface area contributed by atoms with Crippen molar-refractivity contribution >= 4 is 40.5 Å². The van der Waals surface area contributed by atoms with Crippen molar-refractivity contribution in [3.8, 4) is 5.75 Å². The molecular formula is C23H27Cl2N3O2. The van der Waals surface area contributed by atoms with Gasteiger partial charge in [0.2, 0.25) is 5.91 Å². The summed E-state index contributed by atoms with van der Waals surface area (Å²) in [6, 6.07) is 11.9. The van der Waals surface area contributed by atoms with Crippen LogP contribution in [0.5, 0.6) is 5.75 Å². The molecule has 0 unspecified atom stereocenters. The van der Waals surface area contributed by atoms with Crippen LogP contribution >= 0.6 is 23.2 Å². The summed E-state index contributed by atoms with van der Waals surface area (Å²) in [5, 5.41) is 1.14. The number of piperazine rings is 1. The van der Waals surface area contributed by atoms with Crippen LogP contribution in [0.25, 0.3) is 0 Å². The fraction of sp³-hybridized carbons (Fsp3) is 0.435. The van der Waals surface area contributed by atoms with E-state index in [1.54, 1.807) is 13.2 Å². The van der Waals surface area contributed by atoms with Gasteiger partial charge in [0.05, 0.1) is 22.8 Å². The second kappa shape index (κ2) is 9.36. The largest absolute Gasteiger partial charge is 0.497 e. The number of aryl methyl sites for hydroxylation is 1. The maximum atomic E-state index is 12.8. The molecule has 1 saturated heterocycles. The van der Waals surface area contributed by atoms with Crippen LogP contribution in [-0.4, -0.2) is 57.2 Å². The first-order valence-corrected chi connectivity index (χ1v) is 11.2. The highest BCUT2D eigenvalue weighted by molar-refractivity contribution is 6.43. The standard InChI is InChI=1S/C23H27Cl2N3O2/c1-30-18-7-8-20-17(16-18)4-3-10-26(20)11-9-22(29)28-14-12-27(13-15-28)21-6-2-5-19(24)23(21)25/h2,5-8,16H,3-4,9-15H2,1H3. The minimum absolute atomic E-state index is 0.215. The zero-order valence-corrected chi connectivity index (χ0v) is 18.8. The summed E-state index contributed by atoms with van der Waals surface area (Å²) in [5.41, 5.74) is 3.48. The van der Waals surface area contributed by atoms with Crippen LogP contribution in [0, 0.1) is 0 Å². The number of ether oxygens (including phenoxy) is 1. The van der Waals surface area contributed by atoms with E-state index in [1.807, 2.05) is 23.1 Å². The highest BCUT2D eigenvalue weighted by atomic mass is 35.5. The molecule has 0 atom stereocenters. The second-order valence-corrected chi connectivity index (χ2v) is 8.56. The van der Waals surface area contributed by atoms with Crippen LogP contribution in [0.1, 0.15) is 18.4 Å². The molecule has 0 saturated carbocycles. The minimum Gasteiger partial charge on any atom is -0.497 e. The number of halogens is 2. The van der Waals surface area contributed by atoms with E-state index in [2.05, 4.69) is 21.9 Å². The van der Waals surface area contributed by atoms with Gasteiger partial charge < -0.3 is 19.4 Å². The molecule has 0 spiro atoms. The van der Waals surface area contributed by atoms with Gasteiger partial charge in [-0.2, -0.15) is 0 Å². The molecule has 2 aromatic rings. The van der Waals surface area contributed by atoms with Crippen molar-refractivity contribution in [2.75, 3.05) is 56.2 Å². The molecule has 1 fully saturated rings. The van der Waals surface area contributed by atoms with Gasteiger partial charge in [-0.05, 0) is 48.7 Å². The lowest BCUT2D eigenvalue weighted by atomic mass is 10.0. The normalized spacial score (nSPS) is 16.4. The molecule has 160 valence electrons. The topological polar surface area (TPSA) is 36.0 Å². The number of carbonyl (C=O) groups excluding carboxylic acids is 1. The van der Waals surface area contributed by atoms with Crippen molar-refractivity contribution in [3.63, 3.8) is 0 Å². The maximum absolute atomic E-state index is 12.8. The molecule has 2 heterocycles. The summed E-state index contributed by atoms with van der Waals surface area (Å²) in [6.45, 7) is 4.67. The fourth-order valence-electron chi connectivity index (χ4n) is 4.33. The maximum Gasteiger partial charge on any atom is 0.224 e. The Morgan fingerprint density at radius 1 is 1.03 bits per heavy atom. The Hall–Kier alpha value is -2.11. The Kier molecular flexibility index (Phi) is 6.59. The smallest absolute Gasteiger partial charge is 0.224 e. The first-order chi connectivity index (χ1) is 14.6. The lowest BCUT2D eigenvalue weighted by Crippen LogP contribution is -2.49. The molecule has 0 aromatic heterocycles. The molecule has 0 N–H and O–H groups in total. The third-order valence-corrected chi connectivity index (χ3v) is 6.81. The Labute approximate surface area is 188 Å². The van der Waals surface area contributed by atoms with Crippen LogP contribution in [0.2, 0.25) is 10.0 Å². The number of nitrogens with zero attached hydrogens (tertiary/aromatic N) is 3. The van der Waals surface area contributed by atoms with E-state index in [-0.39, 0.29) is 5.91 Å². The van der Waals surface area contributed by atoms with Gasteiger partial charge in [0.15, 0.2) is 0 Å². The predicted molar refractivity (Wildman–Crippen MR) is 123 cm³/mol. The zero-order chi connectivity index (χ0) is 21.1. The molecule has 7 heteroatoms. The van der Waals surface area contributed by atoms with Crippen molar-refractivity contribution in [1.29, 1.82) is 0 Å². The first-order valence-electron chi connectivity index (χ1n) is 10.5. The number of anilines is 2. The third kappa shape index (κ3) is 4.47. The summed E-state index contributed by atoms with van der Waals surface area (Å²) < 4.78 is 5.35. The molecule has 0 radical (unpaired) electrons. The van der Waals surface area contributed by atoms with Gasteiger partial charge in [-0.15, -0.1) is 0 Å². The number of methoxy groups -OCH3 is 1. The number of benzene rings is 2. The van der Waals surface area contributed by atoms with Crippen molar-refractivity contribution in [2.24, 2.45) is 0 Å². The molecule has 5 nitrogen and oxygen atoms in total. The van der Waals surface area contributed by atoms with E-state index >= 15 is 0 Å². The highest BCUT2D eigenvalue weighted by Gasteiger charge is 2.24. The molecule has 30 heavy (non-hydrogen) atoms. The molecular weight excluding hydrogens is 421 g/mol. The molecule has 2 aliphatic rings. The lowest BCUT2D eigenvalue weighted by Gasteiger charge is -2.37. The molecule has 0 bridgehead atoms.